The molecule has 0 spiro atoms. The molecule has 2 unspecified atom stereocenters. The lowest BCUT2D eigenvalue weighted by molar-refractivity contribution is -0.143. The van der Waals surface area contributed by atoms with Crippen molar-refractivity contribution in [3.05, 3.63) is 0 Å². The summed E-state index contributed by atoms with van der Waals surface area (Å²) in [4.78, 5) is 21.7. The molecule has 208 valence electrons. The highest BCUT2D eigenvalue weighted by atomic mass is 16.5. The van der Waals surface area contributed by atoms with Crippen molar-refractivity contribution in [3.63, 3.8) is 0 Å². The predicted octanol–water partition coefficient (Wildman–Crippen LogP) is 7.98. The molecule has 0 aliphatic carbocycles. The lowest BCUT2D eigenvalue weighted by atomic mass is 9.84. The Hall–Kier alpha value is -1.59. The number of carbonyl (C=O) groups is 1. The van der Waals surface area contributed by atoms with Crippen molar-refractivity contribution in [1.82, 2.24) is 0 Å². The van der Waals surface area contributed by atoms with Gasteiger partial charge in [0, 0.05) is 6.42 Å². The number of nitrogens with zero attached hydrogens (tertiary/aromatic N) is 2. The average Bonchev–Trinajstić information content (AvgIpc) is 3.35. The Morgan fingerprint density at radius 1 is 0.778 bits per heavy atom. The summed E-state index contributed by atoms with van der Waals surface area (Å²) in [6.45, 7) is 11.4. The molecule has 0 fully saturated rings. The Labute approximate surface area is 220 Å². The highest BCUT2D eigenvalue weighted by molar-refractivity contribution is 5.91. The van der Waals surface area contributed by atoms with Crippen LogP contribution in [0.3, 0.4) is 0 Å². The SMILES string of the molecule is CCCCCCCCCCCCCCCCC(C(=O)O)C(CC1=NC(C)(C)CO1)C1=NC(C)(C)CO1. The summed E-state index contributed by atoms with van der Waals surface area (Å²) in [5.74, 6) is -0.450. The van der Waals surface area contributed by atoms with E-state index in [1.54, 1.807) is 0 Å². The Morgan fingerprint density at radius 2 is 1.25 bits per heavy atom. The Balaban J connectivity index is 1.73. The number of carboxylic acids is 1. The number of unbranched alkanes of at least 4 members (excludes halogenated alkanes) is 13. The van der Waals surface area contributed by atoms with Crippen molar-refractivity contribution < 1.29 is 19.4 Å². The van der Waals surface area contributed by atoms with Crippen molar-refractivity contribution in [1.29, 1.82) is 0 Å². The molecule has 0 saturated heterocycles. The van der Waals surface area contributed by atoms with Crippen LogP contribution in [0.15, 0.2) is 9.98 Å². The van der Waals surface area contributed by atoms with Gasteiger partial charge in [-0.25, -0.2) is 9.98 Å². The molecule has 0 radical (unpaired) electrons. The Bertz CT molecular complexity index is 714. The normalized spacial score (nSPS) is 19.8. The van der Waals surface area contributed by atoms with Gasteiger partial charge < -0.3 is 14.6 Å². The summed E-state index contributed by atoms with van der Waals surface area (Å²) in [5, 5.41) is 10.1. The second kappa shape index (κ2) is 15.6. The fourth-order valence-electron chi connectivity index (χ4n) is 5.22. The van der Waals surface area contributed by atoms with Crippen LogP contribution < -0.4 is 0 Å². The predicted molar refractivity (Wildman–Crippen MR) is 149 cm³/mol. The smallest absolute Gasteiger partial charge is 0.307 e. The number of aliphatic carboxylic acids is 1. The number of hydrogen-bond acceptors (Lipinski definition) is 5. The number of ether oxygens (including phenoxy) is 2. The molecular formula is C30H54N2O4. The van der Waals surface area contributed by atoms with Gasteiger partial charge in [0.05, 0.1) is 22.9 Å². The van der Waals surface area contributed by atoms with Crippen LogP contribution in [0.5, 0.6) is 0 Å². The lowest BCUT2D eigenvalue weighted by Gasteiger charge is -2.23. The highest BCUT2D eigenvalue weighted by Gasteiger charge is 2.40. The third-order valence-corrected chi connectivity index (χ3v) is 7.39. The highest BCUT2D eigenvalue weighted by Crippen LogP contribution is 2.32. The largest absolute Gasteiger partial charge is 0.481 e. The van der Waals surface area contributed by atoms with Crippen molar-refractivity contribution in [3.8, 4) is 0 Å². The van der Waals surface area contributed by atoms with Gasteiger partial charge in [0.2, 0.25) is 0 Å². The zero-order valence-corrected chi connectivity index (χ0v) is 23.9. The molecule has 0 amide bonds. The van der Waals surface area contributed by atoms with Gasteiger partial charge in [-0.2, -0.15) is 0 Å². The molecule has 0 aromatic rings. The van der Waals surface area contributed by atoms with E-state index >= 15 is 0 Å². The molecule has 2 atom stereocenters. The first-order chi connectivity index (χ1) is 17.1. The van der Waals surface area contributed by atoms with Gasteiger partial charge >= 0.3 is 5.97 Å². The van der Waals surface area contributed by atoms with Crippen molar-refractivity contribution in [2.45, 2.75) is 148 Å². The van der Waals surface area contributed by atoms with E-state index in [9.17, 15) is 9.90 Å². The van der Waals surface area contributed by atoms with Gasteiger partial charge in [-0.05, 0) is 34.1 Å². The first-order valence-electron chi connectivity index (χ1n) is 14.8. The zero-order chi connectivity index (χ0) is 26.4. The molecular weight excluding hydrogens is 452 g/mol. The van der Waals surface area contributed by atoms with E-state index < -0.39 is 11.9 Å². The van der Waals surface area contributed by atoms with E-state index in [2.05, 4.69) is 11.9 Å². The monoisotopic (exact) mass is 506 g/mol. The molecule has 1 N–H and O–H groups in total. The number of aliphatic imine (C=N–C) groups is 2. The fourth-order valence-corrected chi connectivity index (χ4v) is 5.22. The van der Waals surface area contributed by atoms with Crippen LogP contribution in [-0.2, 0) is 14.3 Å². The van der Waals surface area contributed by atoms with Crippen LogP contribution in [0.4, 0.5) is 0 Å². The molecule has 0 saturated carbocycles. The second-order valence-electron chi connectivity index (χ2n) is 12.3. The van der Waals surface area contributed by atoms with Crippen LogP contribution in [0, 0.1) is 11.8 Å². The average molecular weight is 507 g/mol. The third-order valence-electron chi connectivity index (χ3n) is 7.39. The van der Waals surface area contributed by atoms with Gasteiger partial charge in [-0.1, -0.05) is 96.8 Å². The molecule has 0 aromatic heterocycles. The molecule has 6 nitrogen and oxygen atoms in total. The third kappa shape index (κ3) is 11.6. The molecule has 2 heterocycles. The zero-order valence-electron chi connectivity index (χ0n) is 23.9. The van der Waals surface area contributed by atoms with E-state index in [1.165, 1.54) is 77.0 Å². The van der Waals surface area contributed by atoms with Crippen LogP contribution >= 0.6 is 0 Å². The maximum atomic E-state index is 12.3. The minimum atomic E-state index is -0.774. The van der Waals surface area contributed by atoms with E-state index in [-0.39, 0.29) is 17.0 Å². The summed E-state index contributed by atoms with van der Waals surface area (Å²) in [6, 6.07) is 0. The summed E-state index contributed by atoms with van der Waals surface area (Å²) in [5.41, 5.74) is -0.575. The Morgan fingerprint density at radius 3 is 1.67 bits per heavy atom. The topological polar surface area (TPSA) is 80.5 Å². The van der Waals surface area contributed by atoms with Gasteiger partial charge in [0.15, 0.2) is 11.8 Å². The standard InChI is InChI=1S/C30H54N2O4/c1-6-7-8-9-10-11-12-13-14-15-16-17-18-19-20-24(28(33)34)25(27-32-30(4,5)23-36-27)21-26-31-29(2,3)22-35-26/h24-25H,6-23H2,1-5H3,(H,33,34). The van der Waals surface area contributed by atoms with Gasteiger partial charge in [0.1, 0.15) is 13.2 Å². The number of carboxylic acid groups (broad SMARTS) is 1. The van der Waals surface area contributed by atoms with Crippen molar-refractivity contribution >= 4 is 17.8 Å². The molecule has 2 rings (SSSR count). The van der Waals surface area contributed by atoms with Gasteiger partial charge in [-0.15, -0.1) is 0 Å². The minimum absolute atomic E-state index is 0.259. The summed E-state index contributed by atoms with van der Waals surface area (Å²) in [7, 11) is 0. The first-order valence-corrected chi connectivity index (χ1v) is 14.8. The molecule has 2 aliphatic heterocycles. The maximum Gasteiger partial charge on any atom is 0.307 e. The molecule has 2 aliphatic rings. The number of rotatable bonds is 20. The Kier molecular flexibility index (Phi) is 13.3. The van der Waals surface area contributed by atoms with Crippen LogP contribution in [0.2, 0.25) is 0 Å². The van der Waals surface area contributed by atoms with Gasteiger partial charge in [-0.3, -0.25) is 4.79 Å². The maximum absolute atomic E-state index is 12.3. The molecule has 0 aromatic carbocycles. The van der Waals surface area contributed by atoms with E-state index in [4.69, 9.17) is 14.5 Å². The molecule has 0 bridgehead atoms. The molecule has 6 heteroatoms. The summed E-state index contributed by atoms with van der Waals surface area (Å²) >= 11 is 0. The molecule has 36 heavy (non-hydrogen) atoms. The quantitative estimate of drug-likeness (QED) is 0.170. The fraction of sp³-hybridized carbons (Fsp3) is 0.900. The van der Waals surface area contributed by atoms with Crippen molar-refractivity contribution in [2.24, 2.45) is 21.8 Å². The summed E-state index contributed by atoms with van der Waals surface area (Å²) < 4.78 is 11.7. The second-order valence-corrected chi connectivity index (χ2v) is 12.3. The van der Waals surface area contributed by atoms with E-state index in [0.29, 0.717) is 37.9 Å². The number of hydrogen-bond donors (Lipinski definition) is 1. The summed E-state index contributed by atoms with van der Waals surface area (Å²) in [6.07, 6.45) is 19.2. The first kappa shape index (κ1) is 30.6. The lowest BCUT2D eigenvalue weighted by Crippen LogP contribution is -2.32. The van der Waals surface area contributed by atoms with Gasteiger partial charge in [0.25, 0.3) is 0 Å². The van der Waals surface area contributed by atoms with Crippen LogP contribution in [0.25, 0.3) is 0 Å². The van der Waals surface area contributed by atoms with Crippen molar-refractivity contribution in [2.75, 3.05) is 13.2 Å². The van der Waals surface area contributed by atoms with E-state index in [0.717, 1.165) is 12.8 Å². The van der Waals surface area contributed by atoms with E-state index in [1.807, 2.05) is 27.7 Å². The van der Waals surface area contributed by atoms with Crippen LogP contribution in [0.1, 0.15) is 137 Å². The minimum Gasteiger partial charge on any atom is -0.481 e. The van der Waals surface area contributed by atoms with Crippen LogP contribution in [-0.4, -0.2) is 47.2 Å².